The van der Waals surface area contributed by atoms with E-state index in [2.05, 4.69) is 11.1 Å². The molecule has 0 bridgehead atoms. The lowest BCUT2D eigenvalue weighted by Gasteiger charge is -2.11. The van der Waals surface area contributed by atoms with E-state index < -0.39 is 0 Å². The summed E-state index contributed by atoms with van der Waals surface area (Å²) in [5, 5.41) is 8.85. The minimum atomic E-state index is 0.323. The van der Waals surface area contributed by atoms with E-state index in [0.717, 1.165) is 22.5 Å². The minimum Gasteiger partial charge on any atom is -0.487 e. The van der Waals surface area contributed by atoms with Gasteiger partial charge in [0.1, 0.15) is 12.4 Å². The Morgan fingerprint density at radius 1 is 1.25 bits per heavy atom. The molecular formula is C16H15ClN2O. The molecule has 2 rings (SSSR count). The fourth-order valence-electron chi connectivity index (χ4n) is 1.91. The molecule has 0 saturated carbocycles. The molecule has 0 unspecified atom stereocenters. The van der Waals surface area contributed by atoms with E-state index in [9.17, 15) is 0 Å². The number of nitriles is 1. The van der Waals surface area contributed by atoms with E-state index in [1.165, 1.54) is 0 Å². The molecule has 1 aromatic carbocycles. The number of hydrogen-bond acceptors (Lipinski definition) is 3. The Morgan fingerprint density at radius 3 is 2.70 bits per heavy atom. The van der Waals surface area contributed by atoms with Crippen LogP contribution in [-0.2, 0) is 12.5 Å². The number of pyridine rings is 1. The molecule has 0 saturated heterocycles. The number of ether oxygens (including phenoxy) is 1. The van der Waals surface area contributed by atoms with Gasteiger partial charge in [-0.05, 0) is 49.2 Å². The Morgan fingerprint density at radius 2 is 2.05 bits per heavy atom. The van der Waals surface area contributed by atoms with Crippen molar-refractivity contribution >= 4 is 11.6 Å². The van der Waals surface area contributed by atoms with Crippen molar-refractivity contribution in [3.63, 3.8) is 0 Å². The van der Waals surface area contributed by atoms with E-state index in [0.29, 0.717) is 23.8 Å². The van der Waals surface area contributed by atoms with Crippen molar-refractivity contribution in [2.45, 2.75) is 26.3 Å². The van der Waals surface area contributed by atoms with Crippen LogP contribution >= 0.6 is 11.6 Å². The van der Waals surface area contributed by atoms with Gasteiger partial charge < -0.3 is 4.74 Å². The molecule has 0 atom stereocenters. The number of benzene rings is 1. The average Bonchev–Trinajstić information content (AvgIpc) is 2.46. The first-order valence-corrected chi connectivity index (χ1v) is 6.82. The Kier molecular flexibility index (Phi) is 4.60. The fraction of sp³-hybridized carbons (Fsp3) is 0.250. The molecular weight excluding hydrogens is 272 g/mol. The summed E-state index contributed by atoms with van der Waals surface area (Å²) in [6.45, 7) is 4.33. The van der Waals surface area contributed by atoms with Gasteiger partial charge in [0.05, 0.1) is 23.2 Å². The highest BCUT2D eigenvalue weighted by molar-refractivity contribution is 6.17. The lowest BCUT2D eigenvalue weighted by atomic mass is 10.1. The van der Waals surface area contributed by atoms with Gasteiger partial charge in [0.15, 0.2) is 0 Å². The van der Waals surface area contributed by atoms with Crippen LogP contribution in [-0.4, -0.2) is 4.98 Å². The minimum absolute atomic E-state index is 0.323. The monoisotopic (exact) mass is 286 g/mol. The van der Waals surface area contributed by atoms with Crippen LogP contribution in [0.4, 0.5) is 0 Å². The van der Waals surface area contributed by atoms with Crippen molar-refractivity contribution < 1.29 is 4.74 Å². The van der Waals surface area contributed by atoms with E-state index in [1.807, 2.05) is 38.1 Å². The first kappa shape index (κ1) is 14.4. The molecule has 0 N–H and O–H groups in total. The van der Waals surface area contributed by atoms with Gasteiger partial charge in [-0.3, -0.25) is 4.98 Å². The smallest absolute Gasteiger partial charge is 0.142 e. The van der Waals surface area contributed by atoms with E-state index >= 15 is 0 Å². The largest absolute Gasteiger partial charge is 0.487 e. The van der Waals surface area contributed by atoms with Gasteiger partial charge in [-0.25, -0.2) is 0 Å². The highest BCUT2D eigenvalue weighted by Crippen LogP contribution is 2.21. The van der Waals surface area contributed by atoms with Crippen LogP contribution in [0.15, 0.2) is 30.3 Å². The molecule has 3 nitrogen and oxygen atoms in total. The van der Waals surface area contributed by atoms with Crippen LogP contribution in [0.25, 0.3) is 0 Å². The topological polar surface area (TPSA) is 45.9 Å². The molecule has 4 heteroatoms. The number of aryl methyl sites for hydroxylation is 2. The third-order valence-electron chi connectivity index (χ3n) is 3.05. The molecule has 1 aromatic heterocycles. The van der Waals surface area contributed by atoms with Crippen LogP contribution in [0.3, 0.4) is 0 Å². The second-order valence-corrected chi connectivity index (χ2v) is 4.84. The predicted molar refractivity (Wildman–Crippen MR) is 78.8 cm³/mol. The zero-order chi connectivity index (χ0) is 14.5. The molecule has 0 aliphatic rings. The Bertz CT molecular complexity index is 662. The molecule has 0 aliphatic carbocycles. The summed E-state index contributed by atoms with van der Waals surface area (Å²) in [7, 11) is 0. The highest BCUT2D eigenvalue weighted by Gasteiger charge is 2.06. The number of aromatic nitrogens is 1. The average molecular weight is 287 g/mol. The summed E-state index contributed by atoms with van der Waals surface area (Å²) in [6, 6.07) is 11.5. The third-order valence-corrected chi connectivity index (χ3v) is 3.31. The zero-order valence-electron chi connectivity index (χ0n) is 11.5. The van der Waals surface area contributed by atoms with Crippen LogP contribution in [0.5, 0.6) is 5.75 Å². The molecule has 0 spiro atoms. The molecule has 0 aliphatic heterocycles. The van der Waals surface area contributed by atoms with Gasteiger partial charge in [-0.2, -0.15) is 5.26 Å². The first-order valence-electron chi connectivity index (χ1n) is 6.29. The quantitative estimate of drug-likeness (QED) is 0.801. The van der Waals surface area contributed by atoms with E-state index in [1.54, 1.807) is 6.07 Å². The van der Waals surface area contributed by atoms with Crippen molar-refractivity contribution in [2.24, 2.45) is 0 Å². The molecule has 2 aromatic rings. The zero-order valence-corrected chi connectivity index (χ0v) is 12.2. The number of rotatable bonds is 4. The molecule has 0 radical (unpaired) electrons. The van der Waals surface area contributed by atoms with Gasteiger partial charge in [-0.1, -0.05) is 6.07 Å². The van der Waals surface area contributed by atoms with Crippen LogP contribution < -0.4 is 4.74 Å². The summed E-state index contributed by atoms with van der Waals surface area (Å²) < 4.78 is 5.79. The van der Waals surface area contributed by atoms with Gasteiger partial charge in [0.2, 0.25) is 0 Å². The summed E-state index contributed by atoms with van der Waals surface area (Å²) in [5.74, 6) is 1.03. The predicted octanol–water partition coefficient (Wildman–Crippen LogP) is 3.89. The lowest BCUT2D eigenvalue weighted by molar-refractivity contribution is 0.301. The van der Waals surface area contributed by atoms with Crippen molar-refractivity contribution in [1.29, 1.82) is 5.26 Å². The number of halogens is 1. The van der Waals surface area contributed by atoms with Crippen molar-refractivity contribution in [3.05, 3.63) is 58.4 Å². The van der Waals surface area contributed by atoms with Crippen LogP contribution in [0.1, 0.15) is 28.1 Å². The molecule has 0 amide bonds. The standard InChI is InChI=1S/C16H15ClN2O/c1-11-7-13(9-18)4-5-14(11)10-20-16-6-3-12(2)19-15(16)8-17/h3-7H,8,10H2,1-2H3. The van der Waals surface area contributed by atoms with Gasteiger partial charge in [0.25, 0.3) is 0 Å². The molecule has 102 valence electrons. The first-order chi connectivity index (χ1) is 9.63. The SMILES string of the molecule is Cc1ccc(OCc2ccc(C#N)cc2C)c(CCl)n1. The Labute approximate surface area is 123 Å². The Hall–Kier alpha value is -2.05. The highest BCUT2D eigenvalue weighted by atomic mass is 35.5. The van der Waals surface area contributed by atoms with Crippen LogP contribution in [0, 0.1) is 25.2 Å². The maximum Gasteiger partial charge on any atom is 0.142 e. The van der Waals surface area contributed by atoms with E-state index in [4.69, 9.17) is 21.6 Å². The molecule has 20 heavy (non-hydrogen) atoms. The lowest BCUT2D eigenvalue weighted by Crippen LogP contribution is -2.02. The van der Waals surface area contributed by atoms with Crippen molar-refractivity contribution in [1.82, 2.24) is 4.98 Å². The summed E-state index contributed by atoms with van der Waals surface area (Å²) in [5.41, 5.74) is 4.41. The molecule has 0 fully saturated rings. The number of hydrogen-bond donors (Lipinski definition) is 0. The van der Waals surface area contributed by atoms with Gasteiger partial charge >= 0.3 is 0 Å². The Balaban J connectivity index is 2.15. The third kappa shape index (κ3) is 3.28. The number of nitrogens with zero attached hydrogens (tertiary/aromatic N) is 2. The van der Waals surface area contributed by atoms with Crippen molar-refractivity contribution in [2.75, 3.05) is 0 Å². The summed E-state index contributed by atoms with van der Waals surface area (Å²) in [6.07, 6.45) is 0. The van der Waals surface area contributed by atoms with Crippen LogP contribution in [0.2, 0.25) is 0 Å². The second-order valence-electron chi connectivity index (χ2n) is 4.57. The van der Waals surface area contributed by atoms with Gasteiger partial charge in [-0.15, -0.1) is 11.6 Å². The normalized spacial score (nSPS) is 10.1. The summed E-state index contributed by atoms with van der Waals surface area (Å²) >= 11 is 5.88. The summed E-state index contributed by atoms with van der Waals surface area (Å²) in [4.78, 5) is 4.35. The number of alkyl halides is 1. The maximum atomic E-state index is 8.85. The second kappa shape index (κ2) is 6.40. The molecule has 1 heterocycles. The maximum absolute atomic E-state index is 8.85. The van der Waals surface area contributed by atoms with E-state index in [-0.39, 0.29) is 0 Å². The van der Waals surface area contributed by atoms with Crippen molar-refractivity contribution in [3.8, 4) is 11.8 Å². The van der Waals surface area contributed by atoms with Gasteiger partial charge in [0, 0.05) is 5.69 Å². The fourth-order valence-corrected chi connectivity index (χ4v) is 2.10.